The van der Waals surface area contributed by atoms with Crippen molar-refractivity contribution in [1.82, 2.24) is 5.32 Å². The van der Waals surface area contributed by atoms with Crippen LogP contribution in [0.4, 0.5) is 0 Å². The molecule has 0 aromatic carbocycles. The normalized spacial score (nSPS) is 39.8. The zero-order valence-electron chi connectivity index (χ0n) is 8.11. The monoisotopic (exact) mass is 167 g/mol. The summed E-state index contributed by atoms with van der Waals surface area (Å²) in [6, 6.07) is 0. The maximum Gasteiger partial charge on any atom is 0.221 e. The lowest BCUT2D eigenvalue weighted by atomic mass is 9.70. The van der Waals surface area contributed by atoms with Crippen LogP contribution in [0.25, 0.3) is 0 Å². The average molecular weight is 167 g/mol. The summed E-state index contributed by atoms with van der Waals surface area (Å²) in [6.07, 6.45) is 3.36. The summed E-state index contributed by atoms with van der Waals surface area (Å²) in [7, 11) is 0. The van der Waals surface area contributed by atoms with Crippen LogP contribution in [0.5, 0.6) is 0 Å². The number of nitrogens with one attached hydrogen (secondary N) is 1. The smallest absolute Gasteiger partial charge is 0.221 e. The standard InChI is InChI=1S/C10H17NO/c1-9(2)10(3,7-4-5-7)6-8(12)11-9/h7H,4-6H2,1-3H3,(H,11,12). The predicted molar refractivity (Wildman–Crippen MR) is 47.7 cm³/mol. The van der Waals surface area contributed by atoms with Gasteiger partial charge in [0.15, 0.2) is 0 Å². The van der Waals surface area contributed by atoms with Crippen LogP contribution in [-0.4, -0.2) is 11.4 Å². The second-order valence-corrected chi connectivity index (χ2v) is 5.04. The quantitative estimate of drug-likeness (QED) is 0.632. The summed E-state index contributed by atoms with van der Waals surface area (Å²) in [5.41, 5.74) is 0.218. The van der Waals surface area contributed by atoms with Crippen molar-refractivity contribution in [2.45, 2.75) is 45.6 Å². The van der Waals surface area contributed by atoms with Crippen LogP contribution in [0.3, 0.4) is 0 Å². The molecule has 2 heteroatoms. The number of carbonyl (C=O) groups is 1. The molecule has 1 saturated carbocycles. The van der Waals surface area contributed by atoms with Crippen LogP contribution in [-0.2, 0) is 4.79 Å². The maximum atomic E-state index is 11.3. The lowest BCUT2D eigenvalue weighted by Crippen LogP contribution is -2.46. The summed E-state index contributed by atoms with van der Waals surface area (Å²) in [4.78, 5) is 11.3. The van der Waals surface area contributed by atoms with Gasteiger partial charge in [0.05, 0.1) is 0 Å². The third-order valence-corrected chi connectivity index (χ3v) is 3.89. The molecule has 1 atom stereocenters. The Morgan fingerprint density at radius 1 is 1.33 bits per heavy atom. The zero-order chi connectivity index (χ0) is 8.98. The Hall–Kier alpha value is -0.530. The molecule has 0 aromatic heterocycles. The van der Waals surface area contributed by atoms with E-state index in [-0.39, 0.29) is 16.9 Å². The summed E-state index contributed by atoms with van der Waals surface area (Å²) in [5, 5.41) is 3.07. The number of hydrogen-bond donors (Lipinski definition) is 1. The summed E-state index contributed by atoms with van der Waals surface area (Å²) >= 11 is 0. The van der Waals surface area contributed by atoms with E-state index in [4.69, 9.17) is 0 Å². The van der Waals surface area contributed by atoms with Gasteiger partial charge in [-0.25, -0.2) is 0 Å². The van der Waals surface area contributed by atoms with Gasteiger partial charge in [-0.05, 0) is 32.6 Å². The molecule has 1 amide bonds. The second-order valence-electron chi connectivity index (χ2n) is 5.04. The molecular formula is C10H17NO. The highest BCUT2D eigenvalue weighted by atomic mass is 16.2. The Kier molecular flexibility index (Phi) is 1.37. The fourth-order valence-electron chi connectivity index (χ4n) is 2.47. The van der Waals surface area contributed by atoms with Crippen LogP contribution in [0.15, 0.2) is 0 Å². The van der Waals surface area contributed by atoms with Gasteiger partial charge in [0.2, 0.25) is 5.91 Å². The van der Waals surface area contributed by atoms with E-state index in [1.54, 1.807) is 0 Å². The van der Waals surface area contributed by atoms with Crippen molar-refractivity contribution in [3.8, 4) is 0 Å². The van der Waals surface area contributed by atoms with Gasteiger partial charge in [-0.15, -0.1) is 0 Å². The molecule has 12 heavy (non-hydrogen) atoms. The van der Waals surface area contributed by atoms with Crippen LogP contribution in [0.2, 0.25) is 0 Å². The highest BCUT2D eigenvalue weighted by Crippen LogP contribution is 2.55. The van der Waals surface area contributed by atoms with E-state index in [1.807, 2.05) is 0 Å². The van der Waals surface area contributed by atoms with Crippen molar-refractivity contribution in [2.24, 2.45) is 11.3 Å². The van der Waals surface area contributed by atoms with Crippen molar-refractivity contribution in [2.75, 3.05) is 0 Å². The first-order chi connectivity index (χ1) is 5.46. The van der Waals surface area contributed by atoms with E-state index in [1.165, 1.54) is 12.8 Å². The van der Waals surface area contributed by atoms with Gasteiger partial charge in [-0.3, -0.25) is 4.79 Å². The van der Waals surface area contributed by atoms with Gasteiger partial charge in [0.25, 0.3) is 0 Å². The van der Waals surface area contributed by atoms with Gasteiger partial charge in [-0.1, -0.05) is 6.92 Å². The lowest BCUT2D eigenvalue weighted by molar-refractivity contribution is -0.119. The molecule has 0 bridgehead atoms. The van der Waals surface area contributed by atoms with Crippen LogP contribution >= 0.6 is 0 Å². The maximum absolute atomic E-state index is 11.3. The Balaban J connectivity index is 2.28. The minimum absolute atomic E-state index is 0.00521. The largest absolute Gasteiger partial charge is 0.351 e. The Bertz CT molecular complexity index is 230. The number of rotatable bonds is 1. The molecule has 1 saturated heterocycles. The topological polar surface area (TPSA) is 29.1 Å². The van der Waals surface area contributed by atoms with E-state index in [9.17, 15) is 4.79 Å². The Morgan fingerprint density at radius 3 is 2.25 bits per heavy atom. The van der Waals surface area contributed by atoms with E-state index in [0.29, 0.717) is 0 Å². The molecule has 2 nitrogen and oxygen atoms in total. The highest BCUT2D eigenvalue weighted by Gasteiger charge is 2.56. The van der Waals surface area contributed by atoms with Crippen LogP contribution < -0.4 is 5.32 Å². The molecule has 1 unspecified atom stereocenters. The molecule has 2 aliphatic rings. The van der Waals surface area contributed by atoms with Gasteiger partial charge in [0.1, 0.15) is 0 Å². The van der Waals surface area contributed by atoms with E-state index < -0.39 is 0 Å². The minimum atomic E-state index is 0.00521. The average Bonchev–Trinajstić information content (AvgIpc) is 2.61. The first-order valence-electron chi connectivity index (χ1n) is 4.77. The van der Waals surface area contributed by atoms with Crippen molar-refractivity contribution < 1.29 is 4.79 Å². The molecular weight excluding hydrogens is 150 g/mol. The summed E-state index contributed by atoms with van der Waals surface area (Å²) in [5.74, 6) is 1.01. The second kappa shape index (κ2) is 2.04. The molecule has 1 heterocycles. The Labute approximate surface area is 73.7 Å². The first-order valence-corrected chi connectivity index (χ1v) is 4.77. The molecule has 68 valence electrons. The summed E-state index contributed by atoms with van der Waals surface area (Å²) in [6.45, 7) is 6.55. The fourth-order valence-corrected chi connectivity index (χ4v) is 2.47. The first kappa shape index (κ1) is 8.09. The number of amides is 1. The minimum Gasteiger partial charge on any atom is -0.351 e. The molecule has 0 aromatic rings. The van der Waals surface area contributed by atoms with Gasteiger partial charge in [-0.2, -0.15) is 0 Å². The molecule has 1 aliphatic heterocycles. The zero-order valence-corrected chi connectivity index (χ0v) is 8.11. The fraction of sp³-hybridized carbons (Fsp3) is 0.900. The predicted octanol–water partition coefficient (Wildman–Crippen LogP) is 1.70. The van der Waals surface area contributed by atoms with Crippen LogP contribution in [0, 0.1) is 11.3 Å². The highest BCUT2D eigenvalue weighted by molar-refractivity contribution is 5.81. The molecule has 0 radical (unpaired) electrons. The third kappa shape index (κ3) is 0.900. The SMILES string of the molecule is CC1(C)NC(=O)CC1(C)C1CC1. The van der Waals surface area contributed by atoms with Crippen molar-refractivity contribution >= 4 is 5.91 Å². The molecule has 1 aliphatic carbocycles. The lowest BCUT2D eigenvalue weighted by Gasteiger charge is -2.37. The molecule has 0 spiro atoms. The molecule has 2 fully saturated rings. The summed E-state index contributed by atoms with van der Waals surface area (Å²) < 4.78 is 0. The van der Waals surface area contributed by atoms with Crippen molar-refractivity contribution in [3.63, 3.8) is 0 Å². The van der Waals surface area contributed by atoms with Gasteiger partial charge in [0, 0.05) is 17.4 Å². The van der Waals surface area contributed by atoms with Gasteiger partial charge < -0.3 is 5.32 Å². The third-order valence-electron chi connectivity index (χ3n) is 3.89. The molecule has 2 rings (SSSR count). The van der Waals surface area contributed by atoms with Crippen LogP contribution in [0.1, 0.15) is 40.0 Å². The van der Waals surface area contributed by atoms with Gasteiger partial charge >= 0.3 is 0 Å². The van der Waals surface area contributed by atoms with E-state index in [0.717, 1.165) is 12.3 Å². The number of hydrogen-bond acceptors (Lipinski definition) is 1. The Morgan fingerprint density at radius 2 is 1.92 bits per heavy atom. The number of carbonyl (C=O) groups excluding carboxylic acids is 1. The van der Waals surface area contributed by atoms with Crippen molar-refractivity contribution in [1.29, 1.82) is 0 Å². The van der Waals surface area contributed by atoms with E-state index in [2.05, 4.69) is 26.1 Å². The van der Waals surface area contributed by atoms with Crippen molar-refractivity contribution in [3.05, 3.63) is 0 Å². The van der Waals surface area contributed by atoms with E-state index >= 15 is 0 Å². The molecule has 1 N–H and O–H groups in total.